The fourth-order valence-electron chi connectivity index (χ4n) is 2.97. The molecular weight excluding hydrogens is 320 g/mol. The molecule has 0 bridgehead atoms. The van der Waals surface area contributed by atoms with Gasteiger partial charge in [0, 0.05) is 35.2 Å². The molecule has 2 heterocycles. The van der Waals surface area contributed by atoms with Gasteiger partial charge in [-0.1, -0.05) is 0 Å². The van der Waals surface area contributed by atoms with Crippen LogP contribution >= 0.6 is 11.8 Å². The van der Waals surface area contributed by atoms with E-state index in [1.165, 1.54) is 18.6 Å². The number of hydrogen-bond acceptors (Lipinski definition) is 4. The van der Waals surface area contributed by atoms with E-state index in [9.17, 15) is 0 Å². The monoisotopic (exact) mass is 350 g/mol. The molecule has 134 valence electrons. The van der Waals surface area contributed by atoms with Crippen LogP contribution in [0.3, 0.4) is 0 Å². The molecule has 1 aromatic heterocycles. The van der Waals surface area contributed by atoms with E-state index < -0.39 is 0 Å². The van der Waals surface area contributed by atoms with Gasteiger partial charge in [-0.3, -0.25) is 4.98 Å². The van der Waals surface area contributed by atoms with E-state index in [1.54, 1.807) is 7.11 Å². The summed E-state index contributed by atoms with van der Waals surface area (Å²) in [6.07, 6.45) is 4.43. The minimum Gasteiger partial charge on any atom is -0.496 e. The molecule has 1 aliphatic rings. The van der Waals surface area contributed by atoms with Crippen LogP contribution in [0.2, 0.25) is 0 Å². The molecule has 0 spiro atoms. The Kier molecular flexibility index (Phi) is 6.78. The number of thioether (sulfide) groups is 1. The Balaban J connectivity index is 2.05. The summed E-state index contributed by atoms with van der Waals surface area (Å²) < 4.78 is 5.79. The van der Waals surface area contributed by atoms with E-state index in [1.807, 2.05) is 20.0 Å². The lowest BCUT2D eigenvalue weighted by Crippen LogP contribution is -2.43. The van der Waals surface area contributed by atoms with Crippen LogP contribution in [0.4, 0.5) is 0 Å². The number of hydrogen-bond donors (Lipinski definition) is 2. The van der Waals surface area contributed by atoms with Gasteiger partial charge in [-0.2, -0.15) is 11.8 Å². The van der Waals surface area contributed by atoms with Crippen molar-refractivity contribution >= 4 is 17.7 Å². The lowest BCUT2D eigenvalue weighted by atomic mass is 10.1. The van der Waals surface area contributed by atoms with Crippen molar-refractivity contribution in [3.8, 4) is 5.75 Å². The van der Waals surface area contributed by atoms with Crippen molar-refractivity contribution in [3.05, 3.63) is 23.0 Å². The van der Waals surface area contributed by atoms with Crippen LogP contribution in [-0.4, -0.2) is 41.6 Å². The molecule has 1 unspecified atom stereocenters. The topological polar surface area (TPSA) is 58.5 Å². The molecule has 6 heteroatoms. The Hall–Kier alpha value is -1.43. The van der Waals surface area contributed by atoms with Crippen LogP contribution in [0.15, 0.2) is 11.2 Å². The first-order chi connectivity index (χ1) is 11.5. The summed E-state index contributed by atoms with van der Waals surface area (Å²) in [6, 6.07) is 0. The zero-order chi connectivity index (χ0) is 17.6. The summed E-state index contributed by atoms with van der Waals surface area (Å²) in [4.78, 5) is 9.23. The minimum atomic E-state index is 0.317. The molecule has 2 rings (SSSR count). The summed E-state index contributed by atoms with van der Waals surface area (Å²) in [7, 11) is 1.70. The van der Waals surface area contributed by atoms with Crippen molar-refractivity contribution in [1.82, 2.24) is 15.6 Å². The first-order valence-corrected chi connectivity index (χ1v) is 9.63. The first kappa shape index (κ1) is 18.9. The van der Waals surface area contributed by atoms with Gasteiger partial charge in [0.1, 0.15) is 5.75 Å². The van der Waals surface area contributed by atoms with Crippen LogP contribution in [0.1, 0.15) is 43.5 Å². The van der Waals surface area contributed by atoms with Gasteiger partial charge in [0.2, 0.25) is 0 Å². The normalized spacial score (nSPS) is 21.0. The Labute approximate surface area is 150 Å². The Morgan fingerprint density at radius 2 is 2.21 bits per heavy atom. The zero-order valence-electron chi connectivity index (χ0n) is 15.5. The number of pyridine rings is 1. The van der Waals surface area contributed by atoms with Crippen LogP contribution in [0, 0.1) is 13.8 Å². The molecule has 1 saturated heterocycles. The van der Waals surface area contributed by atoms with E-state index in [4.69, 9.17) is 9.73 Å². The number of ether oxygens (including phenoxy) is 1. The second kappa shape index (κ2) is 8.60. The van der Waals surface area contributed by atoms with Gasteiger partial charge < -0.3 is 15.4 Å². The average molecular weight is 351 g/mol. The van der Waals surface area contributed by atoms with Gasteiger partial charge in [-0.05, 0) is 46.3 Å². The van der Waals surface area contributed by atoms with Crippen molar-refractivity contribution in [1.29, 1.82) is 0 Å². The molecule has 24 heavy (non-hydrogen) atoms. The SMILES string of the molecule is CCNC(=NCc1ncc(C)c(OC)c1C)NCC1(C)CCCS1. The summed E-state index contributed by atoms with van der Waals surface area (Å²) in [5.74, 6) is 3.02. The zero-order valence-corrected chi connectivity index (χ0v) is 16.3. The van der Waals surface area contributed by atoms with E-state index in [0.717, 1.165) is 41.6 Å². The molecule has 0 saturated carbocycles. The first-order valence-electron chi connectivity index (χ1n) is 8.64. The van der Waals surface area contributed by atoms with Gasteiger partial charge in [0.25, 0.3) is 0 Å². The van der Waals surface area contributed by atoms with Crippen molar-refractivity contribution in [2.24, 2.45) is 4.99 Å². The average Bonchev–Trinajstić information content (AvgIpc) is 2.99. The van der Waals surface area contributed by atoms with Gasteiger partial charge in [-0.15, -0.1) is 0 Å². The van der Waals surface area contributed by atoms with Crippen molar-refractivity contribution in [2.75, 3.05) is 26.0 Å². The second-order valence-corrected chi connectivity index (χ2v) is 8.18. The van der Waals surface area contributed by atoms with E-state index in [2.05, 4.69) is 41.2 Å². The number of aryl methyl sites for hydroxylation is 1. The highest BCUT2D eigenvalue weighted by molar-refractivity contribution is 8.00. The summed E-state index contributed by atoms with van der Waals surface area (Å²) in [5, 5.41) is 6.82. The number of methoxy groups -OCH3 is 1. The molecule has 0 amide bonds. The Bertz CT molecular complexity index is 583. The highest BCUT2D eigenvalue weighted by atomic mass is 32.2. The fraction of sp³-hybridized carbons (Fsp3) is 0.667. The molecule has 1 aromatic rings. The van der Waals surface area contributed by atoms with Gasteiger partial charge in [0.05, 0.1) is 19.3 Å². The maximum absolute atomic E-state index is 5.48. The maximum atomic E-state index is 5.48. The maximum Gasteiger partial charge on any atom is 0.191 e. The molecule has 1 aliphatic heterocycles. The van der Waals surface area contributed by atoms with Gasteiger partial charge in [-0.25, -0.2) is 4.99 Å². The van der Waals surface area contributed by atoms with E-state index >= 15 is 0 Å². The molecule has 1 atom stereocenters. The third-order valence-electron chi connectivity index (χ3n) is 4.41. The van der Waals surface area contributed by atoms with Crippen molar-refractivity contribution in [2.45, 2.75) is 51.8 Å². The van der Waals surface area contributed by atoms with Crippen LogP contribution < -0.4 is 15.4 Å². The third kappa shape index (κ3) is 4.79. The second-order valence-electron chi connectivity index (χ2n) is 6.50. The molecule has 2 N–H and O–H groups in total. The standard InChI is InChI=1S/C18H30N4OS/c1-6-19-17(22-12-18(4)8-7-9-24-18)21-11-15-14(3)16(23-5)13(2)10-20-15/h10H,6-9,11-12H2,1-5H3,(H2,19,21,22). The van der Waals surface area contributed by atoms with Crippen LogP contribution in [-0.2, 0) is 6.54 Å². The molecular formula is C18H30N4OS. The molecule has 5 nitrogen and oxygen atoms in total. The summed E-state index contributed by atoms with van der Waals surface area (Å²) in [6.45, 7) is 10.8. The number of rotatable bonds is 6. The summed E-state index contributed by atoms with van der Waals surface area (Å²) >= 11 is 2.05. The number of nitrogens with one attached hydrogen (secondary N) is 2. The quantitative estimate of drug-likeness (QED) is 0.610. The summed E-state index contributed by atoms with van der Waals surface area (Å²) in [5.41, 5.74) is 3.07. The van der Waals surface area contributed by atoms with Crippen molar-refractivity contribution in [3.63, 3.8) is 0 Å². The predicted octanol–water partition coefficient (Wildman–Crippen LogP) is 3.05. The predicted molar refractivity (Wildman–Crippen MR) is 103 cm³/mol. The molecule has 0 aromatic carbocycles. The lowest BCUT2D eigenvalue weighted by Gasteiger charge is -2.24. The smallest absolute Gasteiger partial charge is 0.191 e. The van der Waals surface area contributed by atoms with Gasteiger partial charge in [0.15, 0.2) is 5.96 Å². The Morgan fingerprint density at radius 1 is 1.42 bits per heavy atom. The van der Waals surface area contributed by atoms with Crippen LogP contribution in [0.5, 0.6) is 5.75 Å². The number of aliphatic imine (C=N–C) groups is 1. The highest BCUT2D eigenvalue weighted by Gasteiger charge is 2.29. The third-order valence-corrected chi connectivity index (χ3v) is 5.95. The highest BCUT2D eigenvalue weighted by Crippen LogP contribution is 2.36. The number of nitrogens with zero attached hydrogens (tertiary/aromatic N) is 2. The van der Waals surface area contributed by atoms with E-state index in [0.29, 0.717) is 11.3 Å². The molecule has 0 aliphatic carbocycles. The molecule has 1 fully saturated rings. The largest absolute Gasteiger partial charge is 0.496 e. The van der Waals surface area contributed by atoms with E-state index in [-0.39, 0.29) is 0 Å². The minimum absolute atomic E-state index is 0.317. The number of aromatic nitrogens is 1. The van der Waals surface area contributed by atoms with Crippen LogP contribution in [0.25, 0.3) is 0 Å². The molecule has 0 radical (unpaired) electrons. The number of guanidine groups is 1. The Morgan fingerprint density at radius 3 is 2.83 bits per heavy atom. The van der Waals surface area contributed by atoms with Gasteiger partial charge >= 0.3 is 0 Å². The van der Waals surface area contributed by atoms with Crippen molar-refractivity contribution < 1.29 is 4.74 Å². The fourth-order valence-corrected chi connectivity index (χ4v) is 4.22. The lowest BCUT2D eigenvalue weighted by molar-refractivity contribution is 0.407.